The normalized spacial score (nSPS) is 14.1. The summed E-state index contributed by atoms with van der Waals surface area (Å²) in [6, 6.07) is 6.29. The van der Waals surface area contributed by atoms with E-state index in [0.717, 1.165) is 0 Å². The van der Waals surface area contributed by atoms with Crippen LogP contribution in [0.4, 0.5) is 5.69 Å². The molecule has 0 amide bonds. The highest BCUT2D eigenvalue weighted by Gasteiger charge is 2.17. The highest BCUT2D eigenvalue weighted by atomic mass is 16.3. The van der Waals surface area contributed by atoms with Crippen LogP contribution in [0.15, 0.2) is 39.4 Å². The zero-order valence-corrected chi connectivity index (χ0v) is 11.2. The van der Waals surface area contributed by atoms with Crippen molar-refractivity contribution in [1.29, 1.82) is 0 Å². The Bertz CT molecular complexity index is 463. The second kappa shape index (κ2) is 9.06. The number of rotatable bonds is 9. The van der Waals surface area contributed by atoms with Gasteiger partial charge in [0.15, 0.2) is 0 Å². The summed E-state index contributed by atoms with van der Waals surface area (Å²) in [5.74, 6) is 0. The van der Waals surface area contributed by atoms with E-state index in [9.17, 15) is 4.91 Å². The molecular formula is C14H19N3O3. The topological polar surface area (TPSA) is 94.6 Å². The number of aliphatic hydroxyl groups is 2. The van der Waals surface area contributed by atoms with Gasteiger partial charge in [-0.2, -0.15) is 0 Å². The summed E-state index contributed by atoms with van der Waals surface area (Å²) in [5, 5.41) is 21.0. The average molecular weight is 277 g/mol. The van der Waals surface area contributed by atoms with Crippen LogP contribution in [0.2, 0.25) is 0 Å². The smallest absolute Gasteiger partial charge is 0.116 e. The number of aliphatic hydroxyl groups excluding tert-OH is 2. The molecule has 0 aliphatic heterocycles. The molecule has 0 aromatic heterocycles. The Labute approximate surface area is 117 Å². The molecule has 0 saturated heterocycles. The highest BCUT2D eigenvalue weighted by Crippen LogP contribution is 2.17. The van der Waals surface area contributed by atoms with Gasteiger partial charge in [0.1, 0.15) is 5.69 Å². The second-order valence-electron chi connectivity index (χ2n) is 4.27. The van der Waals surface area contributed by atoms with E-state index < -0.39 is 0 Å². The van der Waals surface area contributed by atoms with Crippen molar-refractivity contribution in [3.63, 3.8) is 0 Å². The third-order valence-electron chi connectivity index (χ3n) is 2.97. The van der Waals surface area contributed by atoms with Gasteiger partial charge in [-0.1, -0.05) is 18.2 Å². The van der Waals surface area contributed by atoms with Gasteiger partial charge in [-0.25, -0.2) is 0 Å². The monoisotopic (exact) mass is 277 g/mol. The number of hydrogen-bond acceptors (Lipinski definition) is 6. The van der Waals surface area contributed by atoms with Crippen LogP contribution < -0.4 is 0 Å². The van der Waals surface area contributed by atoms with E-state index in [1.165, 1.54) is 0 Å². The van der Waals surface area contributed by atoms with Gasteiger partial charge in [-0.05, 0) is 30.8 Å². The van der Waals surface area contributed by atoms with Crippen LogP contribution >= 0.6 is 0 Å². The molecule has 108 valence electrons. The molecule has 0 bridgehead atoms. The average Bonchev–Trinajstić information content (AvgIpc) is 2.49. The Balaban J connectivity index is 2.90. The molecule has 2 atom stereocenters. The molecule has 0 saturated carbocycles. The standard InChI is InChI=1S/C14H19N3O3/c1-15-13(6-8-18)14(7-9-19)16-10-11-4-2-3-5-12(11)17-20/h2-5,10,13-14,18-19H,1,6-9H2/b16-10+. The van der Waals surface area contributed by atoms with Gasteiger partial charge in [-0.3, -0.25) is 9.98 Å². The zero-order chi connectivity index (χ0) is 14.8. The fraction of sp³-hybridized carbons (Fsp3) is 0.429. The van der Waals surface area contributed by atoms with Gasteiger partial charge in [0.2, 0.25) is 0 Å². The van der Waals surface area contributed by atoms with Gasteiger partial charge >= 0.3 is 0 Å². The Morgan fingerprint density at radius 2 is 1.80 bits per heavy atom. The Kier molecular flexibility index (Phi) is 7.31. The lowest BCUT2D eigenvalue weighted by molar-refractivity contribution is 0.243. The number of benzene rings is 1. The Hall–Kier alpha value is -1.92. The van der Waals surface area contributed by atoms with E-state index in [0.29, 0.717) is 24.1 Å². The van der Waals surface area contributed by atoms with Gasteiger partial charge in [-0.15, -0.1) is 4.91 Å². The molecule has 0 aliphatic carbocycles. The molecule has 1 aromatic carbocycles. The molecule has 2 N–H and O–H groups in total. The van der Waals surface area contributed by atoms with Crippen molar-refractivity contribution < 1.29 is 10.2 Å². The molecule has 6 nitrogen and oxygen atoms in total. The SMILES string of the molecule is C=NC(CCO)C(CCO)/N=C/c1ccccc1N=O. The fourth-order valence-corrected chi connectivity index (χ4v) is 1.89. The Morgan fingerprint density at radius 3 is 2.40 bits per heavy atom. The molecule has 0 fully saturated rings. The maximum Gasteiger partial charge on any atom is 0.116 e. The summed E-state index contributed by atoms with van der Waals surface area (Å²) >= 11 is 0. The lowest BCUT2D eigenvalue weighted by Crippen LogP contribution is -2.25. The van der Waals surface area contributed by atoms with E-state index in [-0.39, 0.29) is 25.3 Å². The van der Waals surface area contributed by atoms with Crippen molar-refractivity contribution in [2.45, 2.75) is 24.9 Å². The zero-order valence-electron chi connectivity index (χ0n) is 11.2. The van der Waals surface area contributed by atoms with E-state index in [2.05, 4.69) is 21.9 Å². The molecule has 6 heteroatoms. The highest BCUT2D eigenvalue weighted by molar-refractivity contribution is 5.86. The maximum atomic E-state index is 10.7. The summed E-state index contributed by atoms with van der Waals surface area (Å²) in [7, 11) is 0. The minimum absolute atomic E-state index is 0.0202. The first-order valence-corrected chi connectivity index (χ1v) is 6.40. The Morgan fingerprint density at radius 1 is 1.15 bits per heavy atom. The number of aliphatic imine (C=N–C) groups is 2. The third kappa shape index (κ3) is 4.64. The first-order valence-electron chi connectivity index (χ1n) is 6.40. The molecule has 1 rings (SSSR count). The molecule has 1 aromatic rings. The van der Waals surface area contributed by atoms with Crippen molar-refractivity contribution in [3.05, 3.63) is 34.7 Å². The molecule has 2 unspecified atom stereocenters. The van der Waals surface area contributed by atoms with E-state index in [1.54, 1.807) is 30.5 Å². The van der Waals surface area contributed by atoms with Crippen LogP contribution in [0.3, 0.4) is 0 Å². The summed E-state index contributed by atoms with van der Waals surface area (Å²) in [4.78, 5) is 19.0. The second-order valence-corrected chi connectivity index (χ2v) is 4.27. The van der Waals surface area contributed by atoms with Crippen LogP contribution in [-0.2, 0) is 0 Å². The molecular weight excluding hydrogens is 258 g/mol. The van der Waals surface area contributed by atoms with Gasteiger partial charge in [0.05, 0.1) is 12.1 Å². The lowest BCUT2D eigenvalue weighted by Gasteiger charge is -2.18. The molecule has 20 heavy (non-hydrogen) atoms. The van der Waals surface area contributed by atoms with E-state index in [4.69, 9.17) is 10.2 Å². The number of nitrogens with zero attached hydrogens (tertiary/aromatic N) is 3. The summed E-state index contributed by atoms with van der Waals surface area (Å²) < 4.78 is 0. The minimum atomic E-state index is -0.288. The van der Waals surface area contributed by atoms with Gasteiger partial charge < -0.3 is 10.2 Å². The number of nitroso groups, excluding NO2 is 1. The third-order valence-corrected chi connectivity index (χ3v) is 2.97. The first kappa shape index (κ1) is 16.1. The molecule has 0 radical (unpaired) electrons. The predicted octanol–water partition coefficient (Wildman–Crippen LogP) is 1.71. The minimum Gasteiger partial charge on any atom is -0.396 e. The largest absolute Gasteiger partial charge is 0.396 e. The van der Waals surface area contributed by atoms with E-state index >= 15 is 0 Å². The van der Waals surface area contributed by atoms with Crippen molar-refractivity contribution in [2.24, 2.45) is 15.2 Å². The quantitative estimate of drug-likeness (QED) is 0.531. The van der Waals surface area contributed by atoms with Crippen molar-refractivity contribution in [2.75, 3.05) is 13.2 Å². The van der Waals surface area contributed by atoms with Crippen LogP contribution in [0.1, 0.15) is 18.4 Å². The number of hydrogen-bond donors (Lipinski definition) is 2. The van der Waals surface area contributed by atoms with Gasteiger partial charge in [0.25, 0.3) is 0 Å². The molecule has 0 aliphatic rings. The van der Waals surface area contributed by atoms with Crippen LogP contribution in [0.25, 0.3) is 0 Å². The summed E-state index contributed by atoms with van der Waals surface area (Å²) in [5.41, 5.74) is 0.918. The molecule has 0 heterocycles. The van der Waals surface area contributed by atoms with Crippen molar-refractivity contribution >= 4 is 18.6 Å². The van der Waals surface area contributed by atoms with Gasteiger partial charge in [0, 0.05) is 25.0 Å². The predicted molar refractivity (Wildman–Crippen MR) is 80.0 cm³/mol. The van der Waals surface area contributed by atoms with Crippen LogP contribution in [0.5, 0.6) is 0 Å². The first-order chi connectivity index (χ1) is 9.76. The molecule has 0 spiro atoms. The summed E-state index contributed by atoms with van der Waals surface area (Å²) in [6.45, 7) is 3.43. The van der Waals surface area contributed by atoms with Crippen molar-refractivity contribution in [1.82, 2.24) is 0 Å². The van der Waals surface area contributed by atoms with Crippen LogP contribution in [0, 0.1) is 4.91 Å². The lowest BCUT2D eigenvalue weighted by atomic mass is 10.0. The summed E-state index contributed by atoms with van der Waals surface area (Å²) in [6.07, 6.45) is 2.39. The fourth-order valence-electron chi connectivity index (χ4n) is 1.89. The maximum absolute atomic E-state index is 10.7. The van der Waals surface area contributed by atoms with Crippen molar-refractivity contribution in [3.8, 4) is 0 Å². The van der Waals surface area contributed by atoms with Crippen LogP contribution in [-0.4, -0.2) is 48.4 Å². The van der Waals surface area contributed by atoms with E-state index in [1.807, 2.05) is 0 Å².